The SMILES string of the molecule is CC[C@H](C)[C@@H]1NC(=O)[C@H](Cc2cn(OC)c3ccccc23)NC(=O)[C@H](CCCCCO)NC(=O)[C@H]2CCCCN2C1=O. The first-order valence-electron chi connectivity index (χ1n) is 15.2. The molecule has 1 aromatic carbocycles. The first kappa shape index (κ1) is 31.3. The quantitative estimate of drug-likeness (QED) is 0.314. The normalized spacial score (nSPS) is 24.6. The molecule has 0 aliphatic carbocycles. The van der Waals surface area contributed by atoms with Crippen molar-refractivity contribution in [3.05, 3.63) is 36.0 Å². The molecule has 0 spiro atoms. The van der Waals surface area contributed by atoms with E-state index in [9.17, 15) is 24.3 Å². The predicted molar refractivity (Wildman–Crippen MR) is 158 cm³/mol. The molecule has 3 heterocycles. The Morgan fingerprint density at radius 2 is 1.71 bits per heavy atom. The summed E-state index contributed by atoms with van der Waals surface area (Å²) in [6.45, 7) is 4.35. The van der Waals surface area contributed by atoms with Gasteiger partial charge in [0.25, 0.3) is 0 Å². The van der Waals surface area contributed by atoms with Crippen molar-refractivity contribution >= 4 is 34.5 Å². The monoisotopic (exact) mass is 583 g/mol. The van der Waals surface area contributed by atoms with Crippen LogP contribution in [0.15, 0.2) is 30.5 Å². The number of rotatable bonds is 10. The molecule has 2 aromatic rings. The summed E-state index contributed by atoms with van der Waals surface area (Å²) in [6, 6.07) is 4.23. The van der Waals surface area contributed by atoms with Crippen LogP contribution in [0.3, 0.4) is 0 Å². The number of benzene rings is 1. The highest BCUT2D eigenvalue weighted by molar-refractivity contribution is 5.98. The fourth-order valence-electron chi connectivity index (χ4n) is 5.99. The number of fused-ring (bicyclic) bond motifs is 2. The maximum Gasteiger partial charge on any atom is 0.246 e. The van der Waals surface area contributed by atoms with Crippen LogP contribution in [0.1, 0.15) is 70.8 Å². The van der Waals surface area contributed by atoms with Crippen molar-refractivity contribution in [1.82, 2.24) is 25.6 Å². The summed E-state index contributed by atoms with van der Waals surface area (Å²) in [5.74, 6) is -1.69. The van der Waals surface area contributed by atoms with Crippen LogP contribution < -0.4 is 20.8 Å². The molecule has 4 rings (SSSR count). The summed E-state index contributed by atoms with van der Waals surface area (Å²) in [5.41, 5.74) is 1.62. The van der Waals surface area contributed by atoms with E-state index in [-0.39, 0.29) is 30.8 Å². The molecule has 0 saturated carbocycles. The number of hydrogen-bond acceptors (Lipinski definition) is 6. The number of para-hydroxylation sites is 1. The third-order valence-corrected chi connectivity index (χ3v) is 8.66. The Balaban J connectivity index is 1.71. The van der Waals surface area contributed by atoms with Gasteiger partial charge in [0.05, 0.1) is 5.52 Å². The van der Waals surface area contributed by atoms with Crippen LogP contribution in [0.4, 0.5) is 0 Å². The van der Waals surface area contributed by atoms with Gasteiger partial charge in [0.2, 0.25) is 23.6 Å². The average molecular weight is 584 g/mol. The Kier molecular flexibility index (Phi) is 10.8. The highest BCUT2D eigenvalue weighted by atomic mass is 16.6. The lowest BCUT2D eigenvalue weighted by molar-refractivity contribution is -0.147. The molecule has 230 valence electrons. The van der Waals surface area contributed by atoms with Gasteiger partial charge in [0.15, 0.2) is 0 Å². The zero-order valence-electron chi connectivity index (χ0n) is 24.9. The number of piperidine rings is 1. The number of nitrogens with one attached hydrogen (secondary N) is 3. The summed E-state index contributed by atoms with van der Waals surface area (Å²) in [5, 5.41) is 18.9. The first-order valence-corrected chi connectivity index (χ1v) is 15.2. The van der Waals surface area contributed by atoms with Gasteiger partial charge in [0, 0.05) is 31.2 Å². The number of aliphatic hydroxyl groups is 1. The number of hydrogen-bond donors (Lipinski definition) is 4. The molecule has 2 fully saturated rings. The predicted octanol–water partition coefficient (Wildman–Crippen LogP) is 1.69. The van der Waals surface area contributed by atoms with Crippen LogP contribution in [0, 0.1) is 5.92 Å². The summed E-state index contributed by atoms with van der Waals surface area (Å²) in [7, 11) is 1.56. The van der Waals surface area contributed by atoms with Crippen molar-refractivity contribution in [3.63, 3.8) is 0 Å². The minimum atomic E-state index is -0.999. The minimum Gasteiger partial charge on any atom is -0.417 e. The van der Waals surface area contributed by atoms with E-state index in [0.717, 1.165) is 29.3 Å². The number of carbonyl (C=O) groups excluding carboxylic acids is 4. The Labute approximate surface area is 247 Å². The van der Waals surface area contributed by atoms with Gasteiger partial charge in [-0.05, 0) is 49.7 Å². The second kappa shape index (κ2) is 14.5. The number of nitrogens with zero attached hydrogens (tertiary/aromatic N) is 2. The van der Waals surface area contributed by atoms with E-state index in [2.05, 4.69) is 16.0 Å². The number of amides is 4. The number of carbonyl (C=O) groups is 4. The fraction of sp³-hybridized carbons (Fsp3) is 0.613. The Morgan fingerprint density at radius 3 is 2.45 bits per heavy atom. The molecule has 1 aromatic heterocycles. The largest absolute Gasteiger partial charge is 0.417 e. The van der Waals surface area contributed by atoms with Gasteiger partial charge in [0.1, 0.15) is 31.3 Å². The van der Waals surface area contributed by atoms with Crippen LogP contribution in [-0.2, 0) is 25.6 Å². The van der Waals surface area contributed by atoms with Crippen LogP contribution in [0.25, 0.3) is 10.9 Å². The summed E-state index contributed by atoms with van der Waals surface area (Å²) in [6.07, 6.45) is 6.93. The maximum atomic E-state index is 14.0. The molecule has 0 radical (unpaired) electrons. The van der Waals surface area contributed by atoms with Crippen molar-refractivity contribution in [2.45, 2.75) is 95.8 Å². The average Bonchev–Trinajstić information content (AvgIpc) is 3.36. The zero-order chi connectivity index (χ0) is 30.2. The Hall–Kier alpha value is -3.60. The van der Waals surface area contributed by atoms with Gasteiger partial charge in [-0.15, -0.1) is 0 Å². The molecule has 2 saturated heterocycles. The summed E-state index contributed by atoms with van der Waals surface area (Å²) < 4.78 is 1.62. The molecule has 4 N–H and O–H groups in total. The smallest absolute Gasteiger partial charge is 0.246 e. The highest BCUT2D eigenvalue weighted by Crippen LogP contribution is 2.24. The highest BCUT2D eigenvalue weighted by Gasteiger charge is 2.40. The first-order chi connectivity index (χ1) is 20.3. The van der Waals surface area contributed by atoms with E-state index in [1.807, 2.05) is 38.1 Å². The minimum absolute atomic E-state index is 0.0526. The van der Waals surface area contributed by atoms with Gasteiger partial charge >= 0.3 is 0 Å². The molecule has 2 aliphatic rings. The molecule has 0 unspecified atom stereocenters. The second-order valence-electron chi connectivity index (χ2n) is 11.5. The van der Waals surface area contributed by atoms with Gasteiger partial charge in [-0.1, -0.05) is 51.3 Å². The van der Waals surface area contributed by atoms with E-state index in [1.165, 1.54) is 0 Å². The third kappa shape index (κ3) is 7.06. The van der Waals surface area contributed by atoms with E-state index < -0.39 is 36.0 Å². The molecule has 0 bridgehead atoms. The molecular weight excluding hydrogens is 538 g/mol. The van der Waals surface area contributed by atoms with Crippen molar-refractivity contribution in [2.75, 3.05) is 20.3 Å². The molecule has 2 aliphatic heterocycles. The van der Waals surface area contributed by atoms with Crippen LogP contribution in [0.2, 0.25) is 0 Å². The zero-order valence-corrected chi connectivity index (χ0v) is 24.9. The molecule has 5 atom stereocenters. The van der Waals surface area contributed by atoms with Gasteiger partial charge in [-0.25, -0.2) is 0 Å². The van der Waals surface area contributed by atoms with Crippen LogP contribution in [-0.4, -0.2) is 82.8 Å². The fourth-order valence-corrected chi connectivity index (χ4v) is 5.99. The molecule has 42 heavy (non-hydrogen) atoms. The molecular formula is C31H45N5O6. The third-order valence-electron chi connectivity index (χ3n) is 8.66. The van der Waals surface area contributed by atoms with Crippen molar-refractivity contribution in [2.24, 2.45) is 5.92 Å². The Morgan fingerprint density at radius 1 is 0.976 bits per heavy atom. The van der Waals surface area contributed by atoms with Crippen molar-refractivity contribution < 1.29 is 29.1 Å². The second-order valence-corrected chi connectivity index (χ2v) is 11.5. The number of unbranched alkanes of at least 4 members (excludes halogenated alkanes) is 2. The lowest BCUT2D eigenvalue weighted by Gasteiger charge is -2.39. The van der Waals surface area contributed by atoms with E-state index in [1.54, 1.807) is 22.9 Å². The lowest BCUT2D eigenvalue weighted by Crippen LogP contribution is -2.64. The number of aliphatic hydroxyl groups excluding tert-OH is 1. The van der Waals surface area contributed by atoms with Crippen molar-refractivity contribution in [3.8, 4) is 0 Å². The van der Waals surface area contributed by atoms with Crippen LogP contribution >= 0.6 is 0 Å². The van der Waals surface area contributed by atoms with E-state index in [4.69, 9.17) is 4.84 Å². The van der Waals surface area contributed by atoms with Crippen molar-refractivity contribution in [1.29, 1.82) is 0 Å². The maximum absolute atomic E-state index is 14.0. The summed E-state index contributed by atoms with van der Waals surface area (Å²) >= 11 is 0. The standard InChI is InChI=1S/C31H45N5O6/c1-4-20(2)27-31(41)35-16-10-9-15-26(35)30(40)32-23(13-6-5-11-17-37)28(38)33-24(29(39)34-27)18-21-19-36(42-3)25-14-8-7-12-22(21)25/h7-8,12,14,19-20,23-24,26-27,37H,4-6,9-11,13,15-18H2,1-3H3,(H,32,40)(H,33,38)(H,34,39)/t20-,23-,24-,26+,27-/m0/s1. The van der Waals surface area contributed by atoms with Crippen LogP contribution in [0.5, 0.6) is 0 Å². The Bertz CT molecular complexity index is 1260. The van der Waals surface area contributed by atoms with E-state index >= 15 is 0 Å². The van der Waals surface area contributed by atoms with Gasteiger partial charge in [-0.3, -0.25) is 19.2 Å². The van der Waals surface area contributed by atoms with Gasteiger partial charge in [-0.2, -0.15) is 4.73 Å². The van der Waals surface area contributed by atoms with Gasteiger partial charge < -0.3 is 30.8 Å². The molecule has 11 heteroatoms. The summed E-state index contributed by atoms with van der Waals surface area (Å²) in [4.78, 5) is 62.3. The topological polar surface area (TPSA) is 142 Å². The molecule has 11 nitrogen and oxygen atoms in total. The van der Waals surface area contributed by atoms with E-state index in [0.29, 0.717) is 45.1 Å². The number of aromatic nitrogens is 1. The molecule has 4 amide bonds. The lowest BCUT2D eigenvalue weighted by atomic mass is 9.93.